The van der Waals surface area contributed by atoms with Gasteiger partial charge in [-0.2, -0.15) is 0 Å². The van der Waals surface area contributed by atoms with Gasteiger partial charge in [0.2, 0.25) is 0 Å². The van der Waals surface area contributed by atoms with Crippen LogP contribution in [0.15, 0.2) is 29.3 Å². The Balaban J connectivity index is 1.75. The number of halogens is 1. The molecule has 1 aromatic carbocycles. The first-order chi connectivity index (χ1) is 9.83. The minimum atomic E-state index is -0.130. The van der Waals surface area contributed by atoms with Crippen LogP contribution in [-0.4, -0.2) is 12.0 Å². The van der Waals surface area contributed by atoms with Crippen molar-refractivity contribution >= 4 is 23.6 Å². The van der Waals surface area contributed by atoms with Gasteiger partial charge in [0.25, 0.3) is 0 Å². The van der Waals surface area contributed by atoms with Crippen LogP contribution in [0.5, 0.6) is 0 Å². The number of rotatable bonds is 3. The first-order valence-electron chi connectivity index (χ1n) is 7.61. The molecule has 2 aliphatic carbocycles. The molecule has 2 bridgehead atoms. The lowest BCUT2D eigenvalue weighted by Gasteiger charge is -2.35. The molecule has 1 aromatic rings. The number of hydrogen-bond donors (Lipinski definition) is 0. The third-order valence-electron chi connectivity index (χ3n) is 5.34. The molecule has 2 saturated carbocycles. The van der Waals surface area contributed by atoms with Crippen LogP contribution in [-0.2, 0) is 11.3 Å². The fraction of sp³-hybridized carbons (Fsp3) is 0.556. The van der Waals surface area contributed by atoms with E-state index in [0.717, 1.165) is 23.4 Å². The lowest BCUT2D eigenvalue weighted by Crippen LogP contribution is -2.38. The number of nitrogens with zero attached hydrogens (tertiary/aromatic N) is 1. The predicted octanol–water partition coefficient (Wildman–Crippen LogP) is 4.55. The van der Waals surface area contributed by atoms with Crippen molar-refractivity contribution in [3.8, 4) is 0 Å². The monoisotopic (exact) mass is 303 g/mol. The van der Waals surface area contributed by atoms with Crippen LogP contribution in [0.3, 0.4) is 0 Å². The molecule has 3 atom stereocenters. The van der Waals surface area contributed by atoms with E-state index in [1.54, 1.807) is 0 Å². The first-order valence-corrected chi connectivity index (χ1v) is 7.99. The highest BCUT2D eigenvalue weighted by Gasteiger charge is 2.61. The summed E-state index contributed by atoms with van der Waals surface area (Å²) in [6.45, 7) is 7.24. The Morgan fingerprint density at radius 3 is 2.71 bits per heavy atom. The number of aliphatic imine (C=N–C) groups is 1. The summed E-state index contributed by atoms with van der Waals surface area (Å²) < 4.78 is 0. The van der Waals surface area contributed by atoms with Gasteiger partial charge in [-0.25, -0.2) is 0 Å². The predicted molar refractivity (Wildman–Crippen MR) is 86.8 cm³/mol. The molecule has 112 valence electrons. The van der Waals surface area contributed by atoms with Gasteiger partial charge in [-0.05, 0) is 35.8 Å². The second kappa shape index (κ2) is 4.95. The van der Waals surface area contributed by atoms with Crippen LogP contribution in [0, 0.1) is 22.7 Å². The SMILES string of the molecule is CC12CC(C(C=NCc3ccccc3Cl)C1=O)C(C)(C)C2. The summed E-state index contributed by atoms with van der Waals surface area (Å²) in [5.41, 5.74) is 1.12. The summed E-state index contributed by atoms with van der Waals surface area (Å²) in [6.07, 6.45) is 3.92. The zero-order valence-corrected chi connectivity index (χ0v) is 13.7. The average Bonchev–Trinajstić information content (AvgIpc) is 2.80. The first kappa shape index (κ1) is 14.8. The van der Waals surface area contributed by atoms with Gasteiger partial charge in [0.1, 0.15) is 5.78 Å². The highest BCUT2D eigenvalue weighted by molar-refractivity contribution is 6.31. The molecule has 0 N–H and O–H groups in total. The standard InChI is InChI=1S/C18H22ClNO/c1-17(2)11-18(3)8-14(17)13(16(18)21)10-20-9-12-6-4-5-7-15(12)19/h4-7,10,13-14H,8-9,11H2,1-3H3. The van der Waals surface area contributed by atoms with Crippen molar-refractivity contribution in [3.05, 3.63) is 34.9 Å². The molecule has 2 nitrogen and oxygen atoms in total. The maximum atomic E-state index is 12.6. The molecular formula is C18H22ClNO. The minimum absolute atomic E-state index is 0.0127. The Kier molecular flexibility index (Phi) is 3.48. The Morgan fingerprint density at radius 1 is 1.33 bits per heavy atom. The zero-order valence-electron chi connectivity index (χ0n) is 12.9. The van der Waals surface area contributed by atoms with E-state index in [-0.39, 0.29) is 16.7 Å². The molecule has 3 heteroatoms. The molecule has 3 rings (SSSR count). The molecule has 2 aliphatic rings. The van der Waals surface area contributed by atoms with Gasteiger partial charge >= 0.3 is 0 Å². The van der Waals surface area contributed by atoms with Crippen LogP contribution in [0.25, 0.3) is 0 Å². The van der Waals surface area contributed by atoms with Gasteiger partial charge in [-0.1, -0.05) is 50.6 Å². The summed E-state index contributed by atoms with van der Waals surface area (Å²) in [6, 6.07) is 7.73. The van der Waals surface area contributed by atoms with Crippen molar-refractivity contribution in [1.29, 1.82) is 0 Å². The van der Waals surface area contributed by atoms with E-state index < -0.39 is 0 Å². The van der Waals surface area contributed by atoms with Gasteiger partial charge < -0.3 is 0 Å². The molecule has 0 radical (unpaired) electrons. The summed E-state index contributed by atoms with van der Waals surface area (Å²) in [5, 5.41) is 0.737. The van der Waals surface area contributed by atoms with Gasteiger partial charge in [0, 0.05) is 16.7 Å². The van der Waals surface area contributed by atoms with Crippen LogP contribution in [0.4, 0.5) is 0 Å². The Labute approximate surface area is 131 Å². The fourth-order valence-electron chi connectivity index (χ4n) is 4.42. The zero-order chi connectivity index (χ0) is 15.3. The van der Waals surface area contributed by atoms with Crippen LogP contribution < -0.4 is 0 Å². The van der Waals surface area contributed by atoms with Gasteiger partial charge in [-0.15, -0.1) is 0 Å². The maximum Gasteiger partial charge on any atom is 0.147 e. The van der Waals surface area contributed by atoms with Crippen molar-refractivity contribution < 1.29 is 4.79 Å². The van der Waals surface area contributed by atoms with Crippen molar-refractivity contribution in [2.24, 2.45) is 27.7 Å². The summed E-state index contributed by atoms with van der Waals surface area (Å²) >= 11 is 6.14. The lowest BCUT2D eigenvalue weighted by molar-refractivity contribution is -0.130. The number of benzene rings is 1. The van der Waals surface area contributed by atoms with Gasteiger partial charge in [0.15, 0.2) is 0 Å². The summed E-state index contributed by atoms with van der Waals surface area (Å²) in [5.74, 6) is 0.806. The van der Waals surface area contributed by atoms with E-state index >= 15 is 0 Å². The molecule has 0 saturated heterocycles. The van der Waals surface area contributed by atoms with E-state index in [1.165, 1.54) is 0 Å². The topological polar surface area (TPSA) is 29.4 Å². The molecule has 0 aliphatic heterocycles. The summed E-state index contributed by atoms with van der Waals surface area (Å²) in [7, 11) is 0. The maximum absolute atomic E-state index is 12.6. The van der Waals surface area contributed by atoms with E-state index in [1.807, 2.05) is 30.5 Å². The van der Waals surface area contributed by atoms with Crippen molar-refractivity contribution in [2.75, 3.05) is 0 Å². The molecular weight excluding hydrogens is 282 g/mol. The minimum Gasteiger partial charge on any atom is -0.298 e. The van der Waals surface area contributed by atoms with Gasteiger partial charge in [0.05, 0.1) is 12.5 Å². The fourth-order valence-corrected chi connectivity index (χ4v) is 4.61. The van der Waals surface area contributed by atoms with Crippen molar-refractivity contribution in [2.45, 2.75) is 40.2 Å². The second-order valence-corrected chi connectivity index (χ2v) is 7.92. The quantitative estimate of drug-likeness (QED) is 0.753. The number of hydrogen-bond acceptors (Lipinski definition) is 2. The van der Waals surface area contributed by atoms with Crippen LogP contribution in [0.2, 0.25) is 5.02 Å². The lowest BCUT2D eigenvalue weighted by atomic mass is 9.67. The number of carbonyl (C=O) groups is 1. The van der Waals surface area contributed by atoms with E-state index in [4.69, 9.17) is 11.6 Å². The Hall–Kier alpha value is -1.15. The normalized spacial score (nSPS) is 34.0. The molecule has 2 fully saturated rings. The van der Waals surface area contributed by atoms with E-state index in [2.05, 4.69) is 25.8 Å². The van der Waals surface area contributed by atoms with E-state index in [0.29, 0.717) is 18.2 Å². The molecule has 21 heavy (non-hydrogen) atoms. The third-order valence-corrected chi connectivity index (χ3v) is 5.71. The highest BCUT2D eigenvalue weighted by Crippen LogP contribution is 2.62. The molecule has 0 heterocycles. The van der Waals surface area contributed by atoms with Crippen molar-refractivity contribution in [3.63, 3.8) is 0 Å². The number of Topliss-reactive ketones (excluding diaryl/α,β-unsaturated/α-hetero) is 1. The molecule has 3 unspecified atom stereocenters. The second-order valence-electron chi connectivity index (χ2n) is 7.51. The van der Waals surface area contributed by atoms with E-state index in [9.17, 15) is 4.79 Å². The molecule has 0 amide bonds. The van der Waals surface area contributed by atoms with Crippen LogP contribution in [0.1, 0.15) is 39.2 Å². The van der Waals surface area contributed by atoms with Crippen molar-refractivity contribution in [1.82, 2.24) is 0 Å². The average molecular weight is 304 g/mol. The molecule has 0 spiro atoms. The number of fused-ring (bicyclic) bond motifs is 2. The van der Waals surface area contributed by atoms with Gasteiger partial charge in [-0.3, -0.25) is 9.79 Å². The largest absolute Gasteiger partial charge is 0.298 e. The third kappa shape index (κ3) is 2.44. The smallest absolute Gasteiger partial charge is 0.147 e. The number of carbonyl (C=O) groups excluding carboxylic acids is 1. The number of ketones is 1. The summed E-state index contributed by atoms with van der Waals surface area (Å²) in [4.78, 5) is 17.1. The Bertz CT molecular complexity index is 607. The highest BCUT2D eigenvalue weighted by atomic mass is 35.5. The molecule has 0 aromatic heterocycles. The van der Waals surface area contributed by atoms with Crippen LogP contribution >= 0.6 is 11.6 Å². The Morgan fingerprint density at radius 2 is 2.05 bits per heavy atom.